The molecule has 4 nitrogen and oxygen atoms in total. The first-order valence-corrected chi connectivity index (χ1v) is 7.72. The summed E-state index contributed by atoms with van der Waals surface area (Å²) in [7, 11) is 0. The lowest BCUT2D eigenvalue weighted by atomic mass is 9.96. The maximum atomic E-state index is 13.7. The summed E-state index contributed by atoms with van der Waals surface area (Å²) in [6.45, 7) is 4.67. The van der Waals surface area contributed by atoms with E-state index in [1.807, 2.05) is 13.0 Å². The average molecular weight is 291 g/mol. The van der Waals surface area contributed by atoms with E-state index in [4.69, 9.17) is 0 Å². The van der Waals surface area contributed by atoms with Crippen molar-refractivity contribution in [3.8, 4) is 0 Å². The number of rotatable bonds is 4. The molecule has 0 spiro atoms. The molecule has 1 atom stereocenters. The van der Waals surface area contributed by atoms with Gasteiger partial charge in [-0.1, -0.05) is 13.0 Å². The summed E-state index contributed by atoms with van der Waals surface area (Å²) in [4.78, 5) is 9.99. The topological polar surface area (TPSA) is 52.1 Å². The van der Waals surface area contributed by atoms with Crippen LogP contribution >= 0.6 is 0 Å². The zero-order valence-electron chi connectivity index (χ0n) is 12.3. The first kappa shape index (κ1) is 14.5. The molecular weight excluding hydrogens is 269 g/mol. The fraction of sp³-hybridized carbons (Fsp3) is 0.562. The number of β-amino-alcohol motifs (C(OH)–C–C–N with tert-alkyl or cyclic N) is 1. The third kappa shape index (κ3) is 3.09. The predicted octanol–water partition coefficient (Wildman–Crippen LogP) is 2.65. The van der Waals surface area contributed by atoms with E-state index in [1.165, 1.54) is 6.07 Å². The second kappa shape index (κ2) is 6.12. The van der Waals surface area contributed by atoms with E-state index in [1.54, 1.807) is 6.07 Å². The molecule has 0 aliphatic carbocycles. The van der Waals surface area contributed by atoms with Crippen LogP contribution in [0.4, 0.5) is 4.39 Å². The summed E-state index contributed by atoms with van der Waals surface area (Å²) in [5.74, 6) is 0.983. The molecule has 0 bridgehead atoms. The molecular formula is C16H22FN3O. The van der Waals surface area contributed by atoms with Crippen LogP contribution in [0.15, 0.2) is 18.2 Å². The van der Waals surface area contributed by atoms with E-state index >= 15 is 0 Å². The summed E-state index contributed by atoms with van der Waals surface area (Å²) in [5.41, 5.74) is 1.21. The molecule has 2 N–H and O–H groups in total. The standard InChI is InChI=1S/C16H22FN3O/c1-2-12(21)10-20-8-6-11(7-9-20)16-18-14-5-3-4-13(17)15(14)19-16/h3-5,11-12,21H,2,6-10H2,1H3,(H,18,19)/t12-/m0/s1. The Balaban J connectivity index is 1.67. The van der Waals surface area contributed by atoms with Crippen LogP contribution in [-0.4, -0.2) is 45.7 Å². The number of fused-ring (bicyclic) bond motifs is 1. The molecule has 1 fully saturated rings. The molecule has 3 rings (SSSR count). The van der Waals surface area contributed by atoms with Crippen LogP contribution in [0.5, 0.6) is 0 Å². The molecule has 0 amide bonds. The number of nitrogens with one attached hydrogen (secondary N) is 1. The number of aliphatic hydroxyl groups excluding tert-OH is 1. The van der Waals surface area contributed by atoms with Crippen LogP contribution < -0.4 is 0 Å². The van der Waals surface area contributed by atoms with E-state index in [-0.39, 0.29) is 11.9 Å². The molecule has 1 aliphatic rings. The molecule has 21 heavy (non-hydrogen) atoms. The number of halogens is 1. The molecule has 1 saturated heterocycles. The van der Waals surface area contributed by atoms with Crippen molar-refractivity contribution in [1.29, 1.82) is 0 Å². The predicted molar refractivity (Wildman–Crippen MR) is 80.8 cm³/mol. The van der Waals surface area contributed by atoms with Crippen LogP contribution in [0.25, 0.3) is 11.0 Å². The lowest BCUT2D eigenvalue weighted by molar-refractivity contribution is 0.0939. The van der Waals surface area contributed by atoms with Gasteiger partial charge in [0.05, 0.1) is 11.6 Å². The third-order valence-corrected chi connectivity index (χ3v) is 4.40. The molecule has 2 aromatic rings. The minimum atomic E-state index is -0.265. The minimum Gasteiger partial charge on any atom is -0.392 e. The fourth-order valence-electron chi connectivity index (χ4n) is 3.03. The zero-order chi connectivity index (χ0) is 14.8. The number of H-pyrrole nitrogens is 1. The van der Waals surface area contributed by atoms with Gasteiger partial charge in [0.25, 0.3) is 0 Å². The molecule has 5 heteroatoms. The second-order valence-corrected chi connectivity index (χ2v) is 5.90. The molecule has 1 aromatic carbocycles. The summed E-state index contributed by atoms with van der Waals surface area (Å²) < 4.78 is 13.7. The van der Waals surface area contributed by atoms with E-state index in [0.717, 1.165) is 50.2 Å². The average Bonchev–Trinajstić information content (AvgIpc) is 2.93. The van der Waals surface area contributed by atoms with E-state index < -0.39 is 0 Å². The second-order valence-electron chi connectivity index (χ2n) is 5.90. The van der Waals surface area contributed by atoms with Gasteiger partial charge in [0.1, 0.15) is 11.3 Å². The van der Waals surface area contributed by atoms with Crippen molar-refractivity contribution in [3.63, 3.8) is 0 Å². The van der Waals surface area contributed by atoms with E-state index in [2.05, 4.69) is 14.9 Å². The number of imidazole rings is 1. The lowest BCUT2D eigenvalue weighted by Crippen LogP contribution is -2.38. The fourth-order valence-corrected chi connectivity index (χ4v) is 3.03. The number of hydrogen-bond acceptors (Lipinski definition) is 3. The van der Waals surface area contributed by atoms with Gasteiger partial charge in [0.15, 0.2) is 5.82 Å². The van der Waals surface area contributed by atoms with Crippen molar-refractivity contribution in [2.75, 3.05) is 19.6 Å². The molecule has 114 valence electrons. The van der Waals surface area contributed by atoms with Crippen LogP contribution in [-0.2, 0) is 0 Å². The first-order valence-electron chi connectivity index (χ1n) is 7.72. The van der Waals surface area contributed by atoms with Crippen molar-refractivity contribution in [1.82, 2.24) is 14.9 Å². The maximum absolute atomic E-state index is 13.7. The van der Waals surface area contributed by atoms with Crippen molar-refractivity contribution < 1.29 is 9.50 Å². The summed E-state index contributed by atoms with van der Waals surface area (Å²) in [6, 6.07) is 5.01. The van der Waals surface area contributed by atoms with Crippen LogP contribution in [0.3, 0.4) is 0 Å². The third-order valence-electron chi connectivity index (χ3n) is 4.40. The number of likely N-dealkylation sites (tertiary alicyclic amines) is 1. The molecule has 0 unspecified atom stereocenters. The molecule has 2 heterocycles. The number of nitrogens with zero attached hydrogens (tertiary/aromatic N) is 2. The lowest BCUT2D eigenvalue weighted by Gasteiger charge is -2.32. The largest absolute Gasteiger partial charge is 0.392 e. The first-order chi connectivity index (χ1) is 10.2. The Bertz CT molecular complexity index is 605. The Morgan fingerprint density at radius 1 is 1.43 bits per heavy atom. The van der Waals surface area contributed by atoms with Gasteiger partial charge in [-0.2, -0.15) is 0 Å². The van der Waals surface area contributed by atoms with Crippen molar-refractivity contribution in [3.05, 3.63) is 29.8 Å². The normalized spacial score (nSPS) is 19.2. The number of aromatic amines is 1. The number of para-hydroxylation sites is 1. The van der Waals surface area contributed by atoms with Gasteiger partial charge in [0, 0.05) is 12.5 Å². The molecule has 1 aromatic heterocycles. The van der Waals surface area contributed by atoms with Gasteiger partial charge in [-0.05, 0) is 44.5 Å². The van der Waals surface area contributed by atoms with Gasteiger partial charge >= 0.3 is 0 Å². The highest BCUT2D eigenvalue weighted by atomic mass is 19.1. The Morgan fingerprint density at radius 3 is 2.86 bits per heavy atom. The summed E-state index contributed by atoms with van der Waals surface area (Å²) in [5, 5.41) is 9.72. The van der Waals surface area contributed by atoms with Gasteiger partial charge in [-0.3, -0.25) is 0 Å². The zero-order valence-corrected chi connectivity index (χ0v) is 12.3. The van der Waals surface area contributed by atoms with E-state index in [0.29, 0.717) is 11.4 Å². The van der Waals surface area contributed by atoms with Gasteiger partial charge in [0.2, 0.25) is 0 Å². The molecule has 0 radical (unpaired) electrons. The summed E-state index contributed by atoms with van der Waals surface area (Å²) >= 11 is 0. The Morgan fingerprint density at radius 2 is 2.19 bits per heavy atom. The van der Waals surface area contributed by atoms with Crippen LogP contribution in [0.2, 0.25) is 0 Å². The number of piperidine rings is 1. The molecule has 1 aliphatic heterocycles. The van der Waals surface area contributed by atoms with Gasteiger partial charge in [-0.15, -0.1) is 0 Å². The SMILES string of the molecule is CC[C@H](O)CN1CCC(c2nc3c(F)cccc3[nH]2)CC1. The van der Waals surface area contributed by atoms with Crippen molar-refractivity contribution in [2.24, 2.45) is 0 Å². The van der Waals surface area contributed by atoms with Gasteiger partial charge in [-0.25, -0.2) is 9.37 Å². The highest BCUT2D eigenvalue weighted by Crippen LogP contribution is 2.28. The minimum absolute atomic E-state index is 0.234. The quantitative estimate of drug-likeness (QED) is 0.910. The number of benzene rings is 1. The van der Waals surface area contributed by atoms with Gasteiger partial charge < -0.3 is 15.0 Å². The van der Waals surface area contributed by atoms with Crippen LogP contribution in [0.1, 0.15) is 37.9 Å². The molecule has 0 saturated carbocycles. The highest BCUT2D eigenvalue weighted by molar-refractivity contribution is 5.75. The van der Waals surface area contributed by atoms with Crippen LogP contribution in [0, 0.1) is 5.82 Å². The van der Waals surface area contributed by atoms with Crippen molar-refractivity contribution in [2.45, 2.75) is 38.2 Å². The number of hydrogen-bond donors (Lipinski definition) is 2. The summed E-state index contributed by atoms with van der Waals surface area (Å²) in [6.07, 6.45) is 2.56. The number of aromatic nitrogens is 2. The highest BCUT2D eigenvalue weighted by Gasteiger charge is 2.24. The smallest absolute Gasteiger partial charge is 0.151 e. The van der Waals surface area contributed by atoms with Crippen molar-refractivity contribution >= 4 is 11.0 Å². The Kier molecular flexibility index (Phi) is 4.22. The Hall–Kier alpha value is -1.46. The monoisotopic (exact) mass is 291 g/mol. The Labute approximate surface area is 124 Å². The van der Waals surface area contributed by atoms with E-state index in [9.17, 15) is 9.50 Å². The maximum Gasteiger partial charge on any atom is 0.151 e. The number of aliphatic hydroxyl groups is 1.